The average molecular weight is 388 g/mol. The van der Waals surface area contributed by atoms with Gasteiger partial charge >= 0.3 is 0 Å². The molecule has 2 aromatic rings. The van der Waals surface area contributed by atoms with Crippen molar-refractivity contribution in [3.63, 3.8) is 0 Å². The molecule has 0 aliphatic carbocycles. The van der Waals surface area contributed by atoms with Gasteiger partial charge in [0.05, 0.1) is 15.5 Å². The van der Waals surface area contributed by atoms with Gasteiger partial charge in [0.15, 0.2) is 0 Å². The first-order chi connectivity index (χ1) is 11.1. The van der Waals surface area contributed by atoms with Crippen LogP contribution in [0.2, 0.25) is 10.2 Å². The number of amides is 1. The molecular formula is C15H15Cl2N3O3S. The van der Waals surface area contributed by atoms with Crippen LogP contribution >= 0.6 is 23.2 Å². The minimum Gasteiger partial charge on any atom is -0.322 e. The predicted molar refractivity (Wildman–Crippen MR) is 94.3 cm³/mol. The molecule has 1 aromatic heterocycles. The number of nitrogens with one attached hydrogen (secondary N) is 1. The van der Waals surface area contributed by atoms with Gasteiger partial charge in [-0.05, 0) is 30.7 Å². The molecule has 128 valence electrons. The quantitative estimate of drug-likeness (QED) is 0.816. The first kappa shape index (κ1) is 18.7. The Balaban J connectivity index is 2.34. The number of nitrogens with zero attached hydrogens (tertiary/aromatic N) is 2. The van der Waals surface area contributed by atoms with Gasteiger partial charge in [0.1, 0.15) is 5.15 Å². The van der Waals surface area contributed by atoms with Crippen LogP contribution in [0.3, 0.4) is 0 Å². The lowest BCUT2D eigenvalue weighted by molar-refractivity contribution is 0.102. The third-order valence-corrected chi connectivity index (χ3v) is 5.91. The molecule has 2 rings (SSSR count). The van der Waals surface area contributed by atoms with Gasteiger partial charge in [0, 0.05) is 26.0 Å². The van der Waals surface area contributed by atoms with Gasteiger partial charge in [-0.2, -0.15) is 0 Å². The van der Waals surface area contributed by atoms with Crippen LogP contribution in [0.1, 0.15) is 15.9 Å². The van der Waals surface area contributed by atoms with Gasteiger partial charge in [0.25, 0.3) is 5.91 Å². The molecule has 1 heterocycles. The zero-order valence-electron chi connectivity index (χ0n) is 13.2. The Kier molecular flexibility index (Phi) is 5.49. The number of sulfonamides is 1. The Morgan fingerprint density at radius 2 is 1.88 bits per heavy atom. The summed E-state index contributed by atoms with van der Waals surface area (Å²) in [5.74, 6) is -0.474. The van der Waals surface area contributed by atoms with Crippen molar-refractivity contribution in [2.75, 3.05) is 19.4 Å². The highest BCUT2D eigenvalue weighted by atomic mass is 35.5. The van der Waals surface area contributed by atoms with Crippen LogP contribution in [0.4, 0.5) is 5.69 Å². The van der Waals surface area contributed by atoms with E-state index in [1.54, 1.807) is 19.1 Å². The lowest BCUT2D eigenvalue weighted by atomic mass is 10.2. The van der Waals surface area contributed by atoms with Crippen molar-refractivity contribution in [1.82, 2.24) is 9.29 Å². The number of rotatable bonds is 4. The summed E-state index contributed by atoms with van der Waals surface area (Å²) in [5.41, 5.74) is 1.14. The number of pyridine rings is 1. The van der Waals surface area contributed by atoms with E-state index in [1.165, 1.54) is 32.4 Å². The van der Waals surface area contributed by atoms with Crippen molar-refractivity contribution in [1.29, 1.82) is 0 Å². The monoisotopic (exact) mass is 387 g/mol. The third kappa shape index (κ3) is 3.87. The number of hydrogen-bond donors (Lipinski definition) is 1. The average Bonchev–Trinajstić information content (AvgIpc) is 2.51. The third-order valence-electron chi connectivity index (χ3n) is 3.26. The molecule has 0 spiro atoms. The van der Waals surface area contributed by atoms with Gasteiger partial charge < -0.3 is 5.32 Å². The van der Waals surface area contributed by atoms with Crippen LogP contribution in [0.15, 0.2) is 35.4 Å². The van der Waals surface area contributed by atoms with Gasteiger partial charge in [-0.25, -0.2) is 17.7 Å². The maximum absolute atomic E-state index is 12.3. The number of aromatic nitrogens is 1. The van der Waals surface area contributed by atoms with Crippen molar-refractivity contribution >= 4 is 44.8 Å². The molecule has 24 heavy (non-hydrogen) atoms. The van der Waals surface area contributed by atoms with Crippen molar-refractivity contribution in [3.05, 3.63) is 51.8 Å². The maximum Gasteiger partial charge on any atom is 0.257 e. The molecule has 0 saturated carbocycles. The Labute approximate surface area is 150 Å². The Bertz CT molecular complexity index is 899. The Morgan fingerprint density at radius 3 is 2.46 bits per heavy atom. The van der Waals surface area contributed by atoms with Crippen molar-refractivity contribution in [2.24, 2.45) is 0 Å². The topological polar surface area (TPSA) is 79.4 Å². The van der Waals surface area contributed by atoms with Crippen molar-refractivity contribution < 1.29 is 13.2 Å². The number of anilines is 1. The van der Waals surface area contributed by atoms with Crippen molar-refractivity contribution in [3.8, 4) is 0 Å². The largest absolute Gasteiger partial charge is 0.322 e. The van der Waals surface area contributed by atoms with Crippen LogP contribution < -0.4 is 5.32 Å². The van der Waals surface area contributed by atoms with Gasteiger partial charge in [0.2, 0.25) is 10.0 Å². The second kappa shape index (κ2) is 7.06. The molecule has 1 N–H and O–H groups in total. The molecule has 0 unspecified atom stereocenters. The number of benzene rings is 1. The number of halogens is 2. The molecule has 1 aromatic carbocycles. The van der Waals surface area contributed by atoms with E-state index < -0.39 is 15.9 Å². The van der Waals surface area contributed by atoms with E-state index in [0.717, 1.165) is 4.31 Å². The van der Waals surface area contributed by atoms with Gasteiger partial charge in [-0.3, -0.25) is 4.79 Å². The number of aryl methyl sites for hydroxylation is 1. The second-order valence-corrected chi connectivity index (χ2v) is 8.10. The van der Waals surface area contributed by atoms with Crippen LogP contribution in [-0.2, 0) is 10.0 Å². The fraction of sp³-hybridized carbons (Fsp3) is 0.200. The van der Waals surface area contributed by atoms with Gasteiger partial charge in [-0.15, -0.1) is 0 Å². The molecule has 0 aliphatic heterocycles. The first-order valence-corrected chi connectivity index (χ1v) is 8.98. The molecule has 0 radical (unpaired) electrons. The molecule has 0 bridgehead atoms. The maximum atomic E-state index is 12.3. The minimum absolute atomic E-state index is 0.0999. The Morgan fingerprint density at radius 1 is 1.21 bits per heavy atom. The minimum atomic E-state index is -3.61. The fourth-order valence-electron chi connectivity index (χ4n) is 1.90. The summed E-state index contributed by atoms with van der Waals surface area (Å²) in [4.78, 5) is 16.2. The SMILES string of the molecule is Cc1ccc(NC(=O)c2cnc(Cl)c(Cl)c2)cc1S(=O)(=O)N(C)C. The van der Waals surface area contributed by atoms with E-state index in [9.17, 15) is 13.2 Å². The van der Waals surface area contributed by atoms with E-state index in [4.69, 9.17) is 23.2 Å². The molecule has 0 saturated heterocycles. The molecule has 6 nitrogen and oxygen atoms in total. The molecule has 1 amide bonds. The highest BCUT2D eigenvalue weighted by molar-refractivity contribution is 7.89. The smallest absolute Gasteiger partial charge is 0.257 e. The molecule has 0 atom stereocenters. The summed E-state index contributed by atoms with van der Waals surface area (Å²) in [6, 6.07) is 6.04. The van der Waals surface area contributed by atoms with Gasteiger partial charge in [-0.1, -0.05) is 29.3 Å². The summed E-state index contributed by atoms with van der Waals surface area (Å²) in [7, 11) is -0.720. The highest BCUT2D eigenvalue weighted by Crippen LogP contribution is 2.24. The summed E-state index contributed by atoms with van der Waals surface area (Å²) in [5, 5.41) is 2.88. The summed E-state index contributed by atoms with van der Waals surface area (Å²) in [6.07, 6.45) is 1.29. The first-order valence-electron chi connectivity index (χ1n) is 6.78. The standard InChI is InChI=1S/C15H15Cl2N3O3S/c1-9-4-5-11(7-13(9)24(22,23)20(2)3)19-15(21)10-6-12(16)14(17)18-8-10/h4-8H,1-3H3,(H,19,21). The Hall–Kier alpha value is -1.67. The highest BCUT2D eigenvalue weighted by Gasteiger charge is 2.20. The second-order valence-electron chi connectivity index (χ2n) is 5.22. The normalized spacial score (nSPS) is 11.6. The summed E-state index contributed by atoms with van der Waals surface area (Å²) >= 11 is 11.6. The van der Waals surface area contributed by atoms with E-state index in [1.807, 2.05) is 0 Å². The lowest BCUT2D eigenvalue weighted by Gasteiger charge is -2.15. The zero-order valence-corrected chi connectivity index (χ0v) is 15.5. The fourth-order valence-corrected chi connectivity index (χ4v) is 3.32. The molecular weight excluding hydrogens is 373 g/mol. The summed E-state index contributed by atoms with van der Waals surface area (Å²) in [6.45, 7) is 1.69. The van der Waals surface area contributed by atoms with Crippen molar-refractivity contribution in [2.45, 2.75) is 11.8 Å². The van der Waals surface area contributed by atoms with Crippen LogP contribution in [0.25, 0.3) is 0 Å². The van der Waals surface area contributed by atoms with E-state index in [2.05, 4.69) is 10.3 Å². The van der Waals surface area contributed by atoms with E-state index >= 15 is 0 Å². The predicted octanol–water partition coefficient (Wildman–Crippen LogP) is 3.20. The number of carbonyl (C=O) groups is 1. The zero-order chi connectivity index (χ0) is 18.1. The van der Waals surface area contributed by atoms with Crippen LogP contribution in [-0.4, -0.2) is 37.7 Å². The van der Waals surface area contributed by atoms with Crippen LogP contribution in [0.5, 0.6) is 0 Å². The van der Waals surface area contributed by atoms with Crippen LogP contribution in [0, 0.1) is 6.92 Å². The molecule has 9 heteroatoms. The number of carbonyl (C=O) groups excluding carboxylic acids is 1. The number of hydrogen-bond acceptors (Lipinski definition) is 4. The molecule has 0 aliphatic rings. The van der Waals surface area contributed by atoms with E-state index in [-0.39, 0.29) is 20.6 Å². The summed E-state index contributed by atoms with van der Waals surface area (Å²) < 4.78 is 25.7. The lowest BCUT2D eigenvalue weighted by Crippen LogP contribution is -2.23. The van der Waals surface area contributed by atoms with E-state index in [0.29, 0.717) is 11.3 Å². The molecule has 0 fully saturated rings.